The molecule has 2 N–H and O–H groups in total. The van der Waals surface area contributed by atoms with E-state index >= 15 is 0 Å². The van der Waals surface area contributed by atoms with Crippen LogP contribution in [0.3, 0.4) is 0 Å². The fraction of sp³-hybridized carbons (Fsp3) is 0.647. The number of anilines is 1. The van der Waals surface area contributed by atoms with E-state index in [4.69, 9.17) is 5.73 Å². The fourth-order valence-electron chi connectivity index (χ4n) is 3.02. The molecule has 1 aromatic carbocycles. The average molecular weight is 293 g/mol. The molecule has 0 spiro atoms. The lowest BCUT2D eigenvalue weighted by Gasteiger charge is -2.37. The topological polar surface area (TPSA) is 32.5 Å². The standard InChI is InChI=1S/C17H28FN3/c1-3-8-20-9-11-21(12-10-20)17-14(13-15(19)4-2)6-5-7-16(17)18/h5-7,15H,3-4,8-13,19H2,1-2H3. The SMILES string of the molecule is CCCN1CCN(c2c(F)cccc2CC(N)CC)CC1. The molecule has 1 aliphatic heterocycles. The Morgan fingerprint density at radius 2 is 1.90 bits per heavy atom. The maximum atomic E-state index is 14.3. The van der Waals surface area contributed by atoms with E-state index in [0.717, 1.165) is 56.8 Å². The van der Waals surface area contributed by atoms with Crippen LogP contribution < -0.4 is 10.6 Å². The van der Waals surface area contributed by atoms with Gasteiger partial charge in [0.05, 0.1) is 5.69 Å². The minimum absolute atomic E-state index is 0.104. The predicted octanol–water partition coefficient (Wildman–Crippen LogP) is 2.64. The van der Waals surface area contributed by atoms with Gasteiger partial charge < -0.3 is 10.6 Å². The molecule has 0 amide bonds. The smallest absolute Gasteiger partial charge is 0.146 e. The second-order valence-electron chi connectivity index (χ2n) is 5.95. The first-order valence-electron chi connectivity index (χ1n) is 8.16. The summed E-state index contributed by atoms with van der Waals surface area (Å²) in [6.45, 7) is 9.24. The number of para-hydroxylation sites is 1. The highest BCUT2D eigenvalue weighted by Gasteiger charge is 2.21. The van der Waals surface area contributed by atoms with Gasteiger partial charge in [-0.3, -0.25) is 4.90 Å². The Hall–Kier alpha value is -1.13. The van der Waals surface area contributed by atoms with E-state index < -0.39 is 0 Å². The van der Waals surface area contributed by atoms with Gasteiger partial charge in [-0.25, -0.2) is 4.39 Å². The molecule has 4 heteroatoms. The molecule has 21 heavy (non-hydrogen) atoms. The number of halogens is 1. The first-order valence-corrected chi connectivity index (χ1v) is 8.16. The van der Waals surface area contributed by atoms with E-state index in [1.165, 1.54) is 6.42 Å². The van der Waals surface area contributed by atoms with E-state index in [0.29, 0.717) is 0 Å². The van der Waals surface area contributed by atoms with Gasteiger partial charge in [-0.1, -0.05) is 26.0 Å². The Kier molecular flexibility index (Phi) is 6.00. The van der Waals surface area contributed by atoms with Gasteiger partial charge in [-0.15, -0.1) is 0 Å². The van der Waals surface area contributed by atoms with Crippen LogP contribution in [0, 0.1) is 5.82 Å². The average Bonchev–Trinajstić information content (AvgIpc) is 2.49. The lowest BCUT2D eigenvalue weighted by molar-refractivity contribution is 0.257. The Morgan fingerprint density at radius 3 is 2.52 bits per heavy atom. The third-order valence-corrected chi connectivity index (χ3v) is 4.31. The van der Waals surface area contributed by atoms with Crippen LogP contribution in [-0.2, 0) is 6.42 Å². The largest absolute Gasteiger partial charge is 0.366 e. The summed E-state index contributed by atoms with van der Waals surface area (Å²) in [7, 11) is 0. The molecule has 1 aliphatic rings. The van der Waals surface area contributed by atoms with E-state index in [2.05, 4.69) is 23.6 Å². The monoisotopic (exact) mass is 293 g/mol. The lowest BCUT2D eigenvalue weighted by atomic mass is 10.0. The van der Waals surface area contributed by atoms with Crippen molar-refractivity contribution in [3.63, 3.8) is 0 Å². The van der Waals surface area contributed by atoms with Crippen LogP contribution in [0.2, 0.25) is 0 Å². The highest BCUT2D eigenvalue weighted by atomic mass is 19.1. The molecule has 3 nitrogen and oxygen atoms in total. The van der Waals surface area contributed by atoms with Gasteiger partial charge in [-0.2, -0.15) is 0 Å². The molecule has 1 atom stereocenters. The molecule has 1 saturated heterocycles. The third-order valence-electron chi connectivity index (χ3n) is 4.31. The number of hydrogen-bond donors (Lipinski definition) is 1. The Labute approximate surface area is 127 Å². The molecule has 0 aromatic heterocycles. The third kappa shape index (κ3) is 4.17. The Bertz CT molecular complexity index is 442. The Morgan fingerprint density at radius 1 is 1.19 bits per heavy atom. The molecule has 118 valence electrons. The minimum atomic E-state index is -0.111. The van der Waals surface area contributed by atoms with Crippen LogP contribution in [-0.4, -0.2) is 43.7 Å². The van der Waals surface area contributed by atoms with Crippen molar-refractivity contribution in [3.05, 3.63) is 29.6 Å². The second kappa shape index (κ2) is 7.76. The summed E-state index contributed by atoms with van der Waals surface area (Å²) in [5.74, 6) is -0.111. The van der Waals surface area contributed by atoms with Crippen molar-refractivity contribution in [2.45, 2.75) is 39.2 Å². The van der Waals surface area contributed by atoms with E-state index in [-0.39, 0.29) is 11.9 Å². The zero-order valence-electron chi connectivity index (χ0n) is 13.3. The molecule has 0 saturated carbocycles. The number of benzene rings is 1. The van der Waals surface area contributed by atoms with Gasteiger partial charge in [0.15, 0.2) is 0 Å². The number of piperazine rings is 1. The predicted molar refractivity (Wildman–Crippen MR) is 87.3 cm³/mol. The maximum absolute atomic E-state index is 14.3. The summed E-state index contributed by atoms with van der Waals surface area (Å²) in [6, 6.07) is 5.48. The lowest BCUT2D eigenvalue weighted by Crippen LogP contribution is -2.47. The highest BCUT2D eigenvalue weighted by Crippen LogP contribution is 2.27. The summed E-state index contributed by atoms with van der Waals surface area (Å²) < 4.78 is 14.3. The molecule has 0 radical (unpaired) electrons. The van der Waals surface area contributed by atoms with Crippen molar-refractivity contribution in [2.24, 2.45) is 5.73 Å². The summed E-state index contributed by atoms with van der Waals surface area (Å²) in [5, 5.41) is 0. The van der Waals surface area contributed by atoms with Gasteiger partial charge in [0.25, 0.3) is 0 Å². The van der Waals surface area contributed by atoms with Gasteiger partial charge in [0, 0.05) is 32.2 Å². The molecular weight excluding hydrogens is 265 g/mol. The molecule has 1 heterocycles. The molecule has 2 rings (SSSR count). The molecule has 0 bridgehead atoms. The first kappa shape index (κ1) is 16.2. The van der Waals surface area contributed by atoms with Crippen LogP contribution in [0.4, 0.5) is 10.1 Å². The highest BCUT2D eigenvalue weighted by molar-refractivity contribution is 5.55. The first-order chi connectivity index (χ1) is 10.2. The van der Waals surface area contributed by atoms with Crippen molar-refractivity contribution in [1.82, 2.24) is 4.90 Å². The van der Waals surface area contributed by atoms with Gasteiger partial charge in [0.2, 0.25) is 0 Å². The quantitative estimate of drug-likeness (QED) is 0.875. The van der Waals surface area contributed by atoms with Crippen molar-refractivity contribution in [2.75, 3.05) is 37.6 Å². The molecular formula is C17H28FN3. The zero-order valence-corrected chi connectivity index (χ0v) is 13.3. The van der Waals surface area contributed by atoms with Crippen molar-refractivity contribution >= 4 is 5.69 Å². The molecule has 0 aliphatic carbocycles. The molecule has 1 unspecified atom stereocenters. The number of hydrogen-bond acceptors (Lipinski definition) is 3. The molecule has 1 fully saturated rings. The molecule has 1 aromatic rings. The van der Waals surface area contributed by atoms with E-state index in [1.807, 2.05) is 6.07 Å². The summed E-state index contributed by atoms with van der Waals surface area (Å²) in [4.78, 5) is 4.65. The van der Waals surface area contributed by atoms with Crippen molar-refractivity contribution in [1.29, 1.82) is 0 Å². The summed E-state index contributed by atoms with van der Waals surface area (Å²) >= 11 is 0. The minimum Gasteiger partial charge on any atom is -0.366 e. The number of nitrogens with two attached hydrogens (primary N) is 1. The van der Waals surface area contributed by atoms with Crippen LogP contribution >= 0.6 is 0 Å². The normalized spacial score (nSPS) is 18.0. The van der Waals surface area contributed by atoms with Gasteiger partial charge in [-0.05, 0) is 37.4 Å². The van der Waals surface area contributed by atoms with Gasteiger partial charge >= 0.3 is 0 Å². The second-order valence-corrected chi connectivity index (χ2v) is 5.95. The van der Waals surface area contributed by atoms with Crippen molar-refractivity contribution < 1.29 is 4.39 Å². The zero-order chi connectivity index (χ0) is 15.2. The number of rotatable bonds is 6. The summed E-state index contributed by atoms with van der Waals surface area (Å²) in [5.41, 5.74) is 7.89. The van der Waals surface area contributed by atoms with Crippen LogP contribution in [0.1, 0.15) is 32.3 Å². The Balaban J connectivity index is 2.12. The number of nitrogens with zero attached hydrogens (tertiary/aromatic N) is 2. The fourth-order valence-corrected chi connectivity index (χ4v) is 3.02. The van der Waals surface area contributed by atoms with Crippen LogP contribution in [0.5, 0.6) is 0 Å². The van der Waals surface area contributed by atoms with E-state index in [9.17, 15) is 4.39 Å². The van der Waals surface area contributed by atoms with Gasteiger partial charge in [0.1, 0.15) is 5.82 Å². The van der Waals surface area contributed by atoms with Crippen molar-refractivity contribution in [3.8, 4) is 0 Å². The van der Waals surface area contributed by atoms with Crippen LogP contribution in [0.15, 0.2) is 18.2 Å². The maximum Gasteiger partial charge on any atom is 0.146 e. The summed E-state index contributed by atoms with van der Waals surface area (Å²) in [6.07, 6.45) is 2.84. The van der Waals surface area contributed by atoms with E-state index in [1.54, 1.807) is 12.1 Å². The van der Waals surface area contributed by atoms with Crippen LogP contribution in [0.25, 0.3) is 0 Å².